The Labute approximate surface area is 98.2 Å². The molecule has 16 heavy (non-hydrogen) atoms. The lowest BCUT2D eigenvalue weighted by atomic mass is 10.2. The summed E-state index contributed by atoms with van der Waals surface area (Å²) in [5.41, 5.74) is 1.16. The molecule has 1 amide bonds. The van der Waals surface area contributed by atoms with Crippen LogP contribution in [0.3, 0.4) is 0 Å². The predicted molar refractivity (Wildman–Crippen MR) is 64.6 cm³/mol. The van der Waals surface area contributed by atoms with Crippen LogP contribution in [0, 0.1) is 0 Å². The molecule has 1 saturated heterocycles. The Morgan fingerprint density at radius 1 is 1.50 bits per heavy atom. The predicted octanol–water partition coefficient (Wildman–Crippen LogP) is 1.08. The molecule has 1 aliphatic rings. The summed E-state index contributed by atoms with van der Waals surface area (Å²) < 4.78 is 0. The number of carbonyl (C=O) groups excluding carboxylic acids is 1. The fourth-order valence-electron chi connectivity index (χ4n) is 1.40. The lowest BCUT2D eigenvalue weighted by Crippen LogP contribution is -2.25. The smallest absolute Gasteiger partial charge is 0.276 e. The van der Waals surface area contributed by atoms with Crippen LogP contribution in [0.4, 0.5) is 0 Å². The molecule has 0 spiro atoms. The molecule has 1 fully saturated rings. The average Bonchev–Trinajstić information content (AvgIpc) is 2.47. The van der Waals surface area contributed by atoms with Gasteiger partial charge in [-0.05, 0) is 36.0 Å². The molecule has 82 valence electrons. The van der Waals surface area contributed by atoms with E-state index in [4.69, 9.17) is 12.2 Å². The number of rotatable bonds is 1. The van der Waals surface area contributed by atoms with E-state index in [1.165, 1.54) is 4.90 Å². The topological polar surface area (TPSA) is 52.6 Å². The zero-order valence-corrected chi connectivity index (χ0v) is 9.41. The van der Waals surface area contributed by atoms with E-state index in [-0.39, 0.29) is 11.7 Å². The van der Waals surface area contributed by atoms with E-state index in [9.17, 15) is 9.90 Å². The minimum atomic E-state index is -0.173. The maximum atomic E-state index is 11.7. The van der Waals surface area contributed by atoms with Crippen molar-refractivity contribution in [2.75, 3.05) is 7.05 Å². The highest BCUT2D eigenvalue weighted by atomic mass is 32.1. The van der Waals surface area contributed by atoms with Crippen molar-refractivity contribution in [3.8, 4) is 5.75 Å². The molecule has 0 unspecified atom stereocenters. The molecular formula is C11H10N2O2S. The van der Waals surface area contributed by atoms with E-state index >= 15 is 0 Å². The van der Waals surface area contributed by atoms with Crippen LogP contribution in [0.15, 0.2) is 30.0 Å². The summed E-state index contributed by atoms with van der Waals surface area (Å²) in [6, 6.07) is 6.65. The molecule has 0 atom stereocenters. The normalized spacial score (nSPS) is 18.1. The first-order valence-electron chi connectivity index (χ1n) is 4.67. The third-order valence-corrected chi connectivity index (χ3v) is 2.64. The van der Waals surface area contributed by atoms with Crippen molar-refractivity contribution in [1.82, 2.24) is 10.2 Å². The Bertz CT molecular complexity index is 497. The first-order valence-corrected chi connectivity index (χ1v) is 5.08. The maximum absolute atomic E-state index is 11.7. The number of phenols is 1. The second-order valence-corrected chi connectivity index (χ2v) is 3.83. The van der Waals surface area contributed by atoms with Crippen LogP contribution in [0.1, 0.15) is 5.56 Å². The molecule has 1 aromatic rings. The van der Waals surface area contributed by atoms with E-state index in [0.717, 1.165) is 5.56 Å². The van der Waals surface area contributed by atoms with Crippen molar-refractivity contribution in [1.29, 1.82) is 0 Å². The number of aromatic hydroxyl groups is 1. The van der Waals surface area contributed by atoms with Gasteiger partial charge in [0.25, 0.3) is 5.91 Å². The van der Waals surface area contributed by atoms with Crippen LogP contribution >= 0.6 is 12.2 Å². The number of nitrogens with zero attached hydrogens (tertiary/aromatic N) is 1. The highest BCUT2D eigenvalue weighted by Crippen LogP contribution is 2.16. The van der Waals surface area contributed by atoms with Gasteiger partial charge in [-0.2, -0.15) is 0 Å². The minimum absolute atomic E-state index is 0.163. The van der Waals surface area contributed by atoms with E-state index in [1.54, 1.807) is 37.4 Å². The summed E-state index contributed by atoms with van der Waals surface area (Å²) in [4.78, 5) is 13.0. The van der Waals surface area contributed by atoms with E-state index in [1.807, 2.05) is 0 Å². The molecular weight excluding hydrogens is 224 g/mol. The van der Waals surface area contributed by atoms with Crippen molar-refractivity contribution in [2.45, 2.75) is 0 Å². The minimum Gasteiger partial charge on any atom is -0.508 e. The number of benzene rings is 1. The third-order valence-electron chi connectivity index (χ3n) is 2.26. The summed E-state index contributed by atoms with van der Waals surface area (Å²) >= 11 is 4.94. The first-order chi connectivity index (χ1) is 7.58. The van der Waals surface area contributed by atoms with E-state index in [0.29, 0.717) is 10.8 Å². The SMILES string of the molecule is CN1C(=O)C(=Cc2cccc(O)c2)NC1=S. The highest BCUT2D eigenvalue weighted by Gasteiger charge is 2.26. The maximum Gasteiger partial charge on any atom is 0.276 e. The summed E-state index contributed by atoms with van der Waals surface area (Å²) in [6.07, 6.45) is 1.65. The summed E-state index contributed by atoms with van der Waals surface area (Å²) in [5, 5.41) is 12.5. The van der Waals surface area contributed by atoms with Gasteiger partial charge in [-0.25, -0.2) is 0 Å². The molecule has 0 radical (unpaired) electrons. The molecule has 1 aromatic carbocycles. The number of likely N-dealkylation sites (N-methyl/N-ethyl adjacent to an activating group) is 1. The van der Waals surface area contributed by atoms with Gasteiger partial charge in [0.1, 0.15) is 11.4 Å². The molecule has 1 aliphatic heterocycles. The van der Waals surface area contributed by atoms with Crippen LogP contribution in [0.2, 0.25) is 0 Å². The molecule has 2 rings (SSSR count). The number of nitrogens with one attached hydrogen (secondary N) is 1. The molecule has 0 aliphatic carbocycles. The van der Waals surface area contributed by atoms with Gasteiger partial charge in [0, 0.05) is 7.05 Å². The first kappa shape index (κ1) is 10.6. The van der Waals surface area contributed by atoms with Gasteiger partial charge in [-0.1, -0.05) is 12.1 Å². The molecule has 5 heteroatoms. The Balaban J connectivity index is 2.33. The fourth-order valence-corrected chi connectivity index (χ4v) is 1.60. The Morgan fingerprint density at radius 3 is 2.81 bits per heavy atom. The number of carbonyl (C=O) groups is 1. The molecule has 4 nitrogen and oxygen atoms in total. The molecule has 1 heterocycles. The van der Waals surface area contributed by atoms with Crippen LogP contribution in [0.25, 0.3) is 6.08 Å². The zero-order chi connectivity index (χ0) is 11.7. The molecule has 0 saturated carbocycles. The van der Waals surface area contributed by atoms with Gasteiger partial charge in [0.15, 0.2) is 5.11 Å². The summed E-state index contributed by atoms with van der Waals surface area (Å²) in [5.74, 6) is -0.0101. The van der Waals surface area contributed by atoms with Crippen LogP contribution in [-0.2, 0) is 4.79 Å². The van der Waals surface area contributed by atoms with E-state index < -0.39 is 0 Å². The molecule has 0 aromatic heterocycles. The number of amides is 1. The van der Waals surface area contributed by atoms with Crippen molar-refractivity contribution in [3.05, 3.63) is 35.5 Å². The quantitative estimate of drug-likeness (QED) is 0.564. The number of hydrogen-bond acceptors (Lipinski definition) is 3. The van der Waals surface area contributed by atoms with Crippen molar-refractivity contribution < 1.29 is 9.90 Å². The average molecular weight is 234 g/mol. The summed E-state index contributed by atoms with van der Waals surface area (Å²) in [6.45, 7) is 0. The van der Waals surface area contributed by atoms with Gasteiger partial charge in [-0.15, -0.1) is 0 Å². The second kappa shape index (κ2) is 3.94. The van der Waals surface area contributed by atoms with Gasteiger partial charge in [0.05, 0.1) is 0 Å². The highest BCUT2D eigenvalue weighted by molar-refractivity contribution is 7.80. The lowest BCUT2D eigenvalue weighted by molar-refractivity contribution is -0.121. The van der Waals surface area contributed by atoms with E-state index in [2.05, 4.69) is 5.32 Å². The van der Waals surface area contributed by atoms with Crippen molar-refractivity contribution >= 4 is 29.3 Å². The largest absolute Gasteiger partial charge is 0.508 e. The lowest BCUT2D eigenvalue weighted by Gasteiger charge is -2.02. The monoisotopic (exact) mass is 234 g/mol. The zero-order valence-electron chi connectivity index (χ0n) is 8.60. The number of thiocarbonyl (C=S) groups is 1. The Morgan fingerprint density at radius 2 is 2.25 bits per heavy atom. The Kier molecular flexibility index (Phi) is 2.62. The van der Waals surface area contributed by atoms with Crippen LogP contribution < -0.4 is 5.32 Å². The molecule has 2 N–H and O–H groups in total. The number of hydrogen-bond donors (Lipinski definition) is 2. The fraction of sp³-hybridized carbons (Fsp3) is 0.0909. The van der Waals surface area contributed by atoms with Crippen LogP contribution in [0.5, 0.6) is 5.75 Å². The second-order valence-electron chi connectivity index (χ2n) is 3.45. The summed E-state index contributed by atoms with van der Waals surface area (Å²) in [7, 11) is 1.61. The molecule has 0 bridgehead atoms. The van der Waals surface area contributed by atoms with Gasteiger partial charge in [0.2, 0.25) is 0 Å². The third kappa shape index (κ3) is 1.90. The van der Waals surface area contributed by atoms with Gasteiger partial charge >= 0.3 is 0 Å². The van der Waals surface area contributed by atoms with Crippen LogP contribution in [-0.4, -0.2) is 28.1 Å². The van der Waals surface area contributed by atoms with Crippen molar-refractivity contribution in [2.24, 2.45) is 0 Å². The van der Waals surface area contributed by atoms with Crippen molar-refractivity contribution in [3.63, 3.8) is 0 Å². The van der Waals surface area contributed by atoms with Gasteiger partial charge in [-0.3, -0.25) is 9.69 Å². The standard InChI is InChI=1S/C11H10N2O2S/c1-13-10(15)9(12-11(13)16)6-7-3-2-4-8(14)5-7/h2-6,14H,1H3,(H,12,16). The van der Waals surface area contributed by atoms with Gasteiger partial charge < -0.3 is 10.4 Å². The Hall–Kier alpha value is -1.88. The number of phenolic OH excluding ortho intramolecular Hbond substituents is 1.